The lowest BCUT2D eigenvalue weighted by Gasteiger charge is -2.54. The van der Waals surface area contributed by atoms with E-state index in [1.54, 1.807) is 0 Å². The molecule has 8 nitrogen and oxygen atoms in total. The van der Waals surface area contributed by atoms with Crippen LogP contribution in [0.25, 0.3) is 0 Å². The fraction of sp³-hybridized carbons (Fsp3) is 0.633. The molecule has 39 heavy (non-hydrogen) atoms. The van der Waals surface area contributed by atoms with Gasteiger partial charge in [0.05, 0.1) is 11.6 Å². The molecular formula is C30H42N4O4S. The minimum atomic E-state index is -0.715. The summed E-state index contributed by atoms with van der Waals surface area (Å²) in [6.07, 6.45) is 6.74. The number of benzene rings is 1. The molecule has 0 spiro atoms. The number of carbonyl (C=O) groups excluding carboxylic acids is 2. The first kappa shape index (κ1) is 28.0. The van der Waals surface area contributed by atoms with Gasteiger partial charge in [-0.15, -0.1) is 11.8 Å². The van der Waals surface area contributed by atoms with Crippen molar-refractivity contribution < 1.29 is 18.8 Å². The lowest BCUT2D eigenvalue weighted by molar-refractivity contribution is -0.124. The number of thioether (sulfide) groups is 1. The fourth-order valence-corrected chi connectivity index (χ4v) is 7.80. The maximum absolute atomic E-state index is 13.4. The van der Waals surface area contributed by atoms with E-state index in [-0.39, 0.29) is 41.4 Å². The van der Waals surface area contributed by atoms with Gasteiger partial charge in [-0.05, 0) is 86.8 Å². The van der Waals surface area contributed by atoms with E-state index in [0.717, 1.165) is 17.4 Å². The highest BCUT2D eigenvalue weighted by Gasteiger charge is 2.49. The average Bonchev–Trinajstić information content (AvgIpc) is 3.26. The van der Waals surface area contributed by atoms with Gasteiger partial charge in [0, 0.05) is 11.3 Å². The average molecular weight is 555 g/mol. The summed E-state index contributed by atoms with van der Waals surface area (Å²) in [6, 6.07) is 9.24. The molecule has 0 unspecified atom stereocenters. The first-order valence-corrected chi connectivity index (χ1v) is 15.2. The maximum Gasteiger partial charge on any atom is 0.291 e. The molecular weight excluding hydrogens is 512 g/mol. The van der Waals surface area contributed by atoms with Crippen LogP contribution in [0.1, 0.15) is 75.9 Å². The topological polar surface area (TPSA) is 119 Å². The van der Waals surface area contributed by atoms with E-state index in [1.165, 1.54) is 43.9 Å². The van der Waals surface area contributed by atoms with E-state index < -0.39 is 11.6 Å². The highest BCUT2D eigenvalue weighted by atomic mass is 32.2. The summed E-state index contributed by atoms with van der Waals surface area (Å²) < 4.78 is 11.6. The van der Waals surface area contributed by atoms with E-state index in [0.29, 0.717) is 23.2 Å². The first-order chi connectivity index (χ1) is 18.6. The molecule has 4 N–H and O–H groups in total. The highest BCUT2D eigenvalue weighted by molar-refractivity contribution is 8.00. The van der Waals surface area contributed by atoms with Crippen LogP contribution in [0.2, 0.25) is 0 Å². The van der Waals surface area contributed by atoms with Gasteiger partial charge in [0.1, 0.15) is 11.5 Å². The third kappa shape index (κ3) is 6.62. The summed E-state index contributed by atoms with van der Waals surface area (Å²) in [4.78, 5) is 26.8. The van der Waals surface area contributed by atoms with Gasteiger partial charge in [-0.3, -0.25) is 9.59 Å². The first-order valence-electron chi connectivity index (χ1n) is 14.3. The molecule has 1 aromatic heterocycles. The molecule has 4 aliphatic carbocycles. The molecule has 4 saturated carbocycles. The van der Waals surface area contributed by atoms with Crippen molar-refractivity contribution in [3.05, 3.63) is 41.7 Å². The van der Waals surface area contributed by atoms with Crippen LogP contribution in [-0.4, -0.2) is 46.5 Å². The van der Waals surface area contributed by atoms with Gasteiger partial charge in [0.2, 0.25) is 11.7 Å². The Labute approximate surface area is 235 Å². The molecule has 6 rings (SSSR count). The number of amides is 2. The molecule has 212 valence electrons. The number of nitrogens with one attached hydrogen (secondary N) is 2. The Hall–Kier alpha value is -2.52. The summed E-state index contributed by atoms with van der Waals surface area (Å²) >= 11 is 1.50. The van der Waals surface area contributed by atoms with E-state index >= 15 is 0 Å². The van der Waals surface area contributed by atoms with Gasteiger partial charge in [-0.1, -0.05) is 44.2 Å². The van der Waals surface area contributed by atoms with E-state index in [4.69, 9.17) is 15.0 Å². The zero-order chi connectivity index (χ0) is 27.7. The van der Waals surface area contributed by atoms with Crippen LogP contribution in [0.15, 0.2) is 39.8 Å². The van der Waals surface area contributed by atoms with Crippen molar-refractivity contribution in [1.29, 1.82) is 0 Å². The number of rotatable bonds is 11. The molecule has 2 amide bonds. The minimum Gasteiger partial charge on any atom is -0.472 e. The smallest absolute Gasteiger partial charge is 0.291 e. The Morgan fingerprint density at radius 1 is 1.10 bits per heavy atom. The van der Waals surface area contributed by atoms with Crippen LogP contribution in [-0.2, 0) is 11.2 Å². The van der Waals surface area contributed by atoms with Crippen LogP contribution < -0.4 is 21.1 Å². The van der Waals surface area contributed by atoms with E-state index in [9.17, 15) is 9.59 Å². The molecule has 0 radical (unpaired) electrons. The maximum atomic E-state index is 13.4. The fourth-order valence-electron chi connectivity index (χ4n) is 6.89. The minimum absolute atomic E-state index is 0.144. The van der Waals surface area contributed by atoms with Crippen molar-refractivity contribution in [2.75, 3.05) is 6.61 Å². The largest absolute Gasteiger partial charge is 0.472 e. The van der Waals surface area contributed by atoms with Crippen LogP contribution >= 0.6 is 11.8 Å². The van der Waals surface area contributed by atoms with Crippen molar-refractivity contribution in [2.45, 2.75) is 94.0 Å². The molecule has 4 fully saturated rings. The van der Waals surface area contributed by atoms with Gasteiger partial charge in [0.25, 0.3) is 11.8 Å². The number of carbonyl (C=O) groups is 2. The van der Waals surface area contributed by atoms with E-state index in [2.05, 4.69) is 29.6 Å². The third-order valence-corrected chi connectivity index (χ3v) is 9.44. The van der Waals surface area contributed by atoms with Gasteiger partial charge in [-0.2, -0.15) is 0 Å². The predicted molar refractivity (Wildman–Crippen MR) is 152 cm³/mol. The number of hydrogen-bond donors (Lipinski definition) is 3. The van der Waals surface area contributed by atoms with Crippen molar-refractivity contribution in [3.63, 3.8) is 0 Å². The molecule has 9 heteroatoms. The molecule has 0 aliphatic heterocycles. The summed E-state index contributed by atoms with van der Waals surface area (Å²) in [5.41, 5.74) is 6.46. The summed E-state index contributed by atoms with van der Waals surface area (Å²) in [5, 5.41) is 10.6. The van der Waals surface area contributed by atoms with Crippen LogP contribution in [0.5, 0.6) is 5.88 Å². The Bertz CT molecular complexity index is 1140. The van der Waals surface area contributed by atoms with Gasteiger partial charge in [0.15, 0.2) is 0 Å². The van der Waals surface area contributed by atoms with Crippen molar-refractivity contribution in [2.24, 2.45) is 29.4 Å². The summed E-state index contributed by atoms with van der Waals surface area (Å²) in [6.45, 7) is 8.00. The number of aromatic nitrogens is 1. The second kappa shape index (κ2) is 11.5. The molecule has 1 atom stereocenters. The van der Waals surface area contributed by atoms with Gasteiger partial charge < -0.3 is 25.6 Å². The summed E-state index contributed by atoms with van der Waals surface area (Å²) in [5.74, 6) is 2.86. The molecule has 1 aromatic carbocycles. The Morgan fingerprint density at radius 3 is 2.36 bits per heavy atom. The Kier molecular flexibility index (Phi) is 8.29. The predicted octanol–water partition coefficient (Wildman–Crippen LogP) is 4.57. The quantitative estimate of drug-likeness (QED) is 0.348. The molecule has 1 heterocycles. The third-order valence-electron chi connectivity index (χ3n) is 8.37. The standard InChI is InChI=1S/C30H42N4O4S/c1-17(2)39-26-25(28(36)32-24-21-11-19-10-20(13-21)14-22(24)12-19)38-34-29(26)37-16-30(3,4)33-27(35)23(31)15-18-8-6-5-7-9-18/h5-9,17,19-24H,10-16,31H2,1-4H3,(H,32,36)(H,33,35)/t19?,20?,21?,22?,23-,24?/m1/s1. The number of nitrogens with two attached hydrogens (primary N) is 1. The van der Waals surface area contributed by atoms with Gasteiger partial charge >= 0.3 is 0 Å². The van der Waals surface area contributed by atoms with E-state index in [1.807, 2.05) is 44.2 Å². The molecule has 4 aliphatic rings. The summed E-state index contributed by atoms with van der Waals surface area (Å²) in [7, 11) is 0. The molecule has 2 aromatic rings. The number of ether oxygens (including phenoxy) is 1. The van der Waals surface area contributed by atoms with Crippen molar-refractivity contribution in [1.82, 2.24) is 15.8 Å². The van der Waals surface area contributed by atoms with Crippen molar-refractivity contribution >= 4 is 23.6 Å². The lowest BCUT2D eigenvalue weighted by Crippen LogP contribution is -2.55. The van der Waals surface area contributed by atoms with Crippen LogP contribution in [0.4, 0.5) is 0 Å². The zero-order valence-electron chi connectivity index (χ0n) is 23.4. The van der Waals surface area contributed by atoms with Crippen LogP contribution in [0.3, 0.4) is 0 Å². The number of hydrogen-bond acceptors (Lipinski definition) is 7. The SMILES string of the molecule is CC(C)Sc1c(OCC(C)(C)NC(=O)[C@H](N)Cc2ccccc2)noc1C(=O)NC1C2CC3CC(C2)CC1C3. The second-order valence-electron chi connectivity index (χ2n) is 12.7. The normalized spacial score (nSPS) is 26.5. The number of nitrogens with zero attached hydrogens (tertiary/aromatic N) is 1. The monoisotopic (exact) mass is 554 g/mol. The molecule has 0 saturated heterocycles. The highest BCUT2D eigenvalue weighted by Crippen LogP contribution is 2.53. The lowest BCUT2D eigenvalue weighted by atomic mass is 9.54. The Morgan fingerprint density at radius 2 is 1.74 bits per heavy atom. The second-order valence-corrected chi connectivity index (χ2v) is 14.3. The van der Waals surface area contributed by atoms with Crippen molar-refractivity contribution in [3.8, 4) is 5.88 Å². The Balaban J connectivity index is 1.21. The molecule has 4 bridgehead atoms. The van der Waals surface area contributed by atoms with Crippen LogP contribution in [0, 0.1) is 23.7 Å². The van der Waals surface area contributed by atoms with Gasteiger partial charge in [-0.25, -0.2) is 0 Å². The zero-order valence-corrected chi connectivity index (χ0v) is 24.3.